The van der Waals surface area contributed by atoms with Crippen molar-refractivity contribution in [2.24, 2.45) is 25.6 Å². The van der Waals surface area contributed by atoms with Crippen LogP contribution in [0.3, 0.4) is 0 Å². The van der Waals surface area contributed by atoms with E-state index in [0.717, 1.165) is 0 Å². The van der Waals surface area contributed by atoms with E-state index in [-0.39, 0.29) is 12.1 Å². The number of ether oxygens (including phenoxy) is 2. The van der Waals surface area contributed by atoms with Crippen LogP contribution in [-0.2, 0) is 14.4 Å². The van der Waals surface area contributed by atoms with Gasteiger partial charge in [-0.15, -0.1) is 10.0 Å². The van der Waals surface area contributed by atoms with Gasteiger partial charge in [0.25, 0.3) is 11.6 Å². The number of aliphatic carboxylic acids is 1. The molecule has 42 heavy (non-hydrogen) atoms. The minimum Gasteiger partial charge on any atom is -0.494 e. The number of benzene rings is 3. The Balaban J connectivity index is 1.57. The van der Waals surface area contributed by atoms with Gasteiger partial charge in [-0.05, 0) is 55.0 Å². The first-order valence-electron chi connectivity index (χ1n) is 12.1. The average molecular weight is 578 g/mol. The first-order valence-corrected chi connectivity index (χ1v) is 12.1. The molecule has 0 heterocycles. The fourth-order valence-electron chi connectivity index (χ4n) is 3.26. The second-order valence-corrected chi connectivity index (χ2v) is 8.29. The number of hydrogen-bond acceptors (Lipinski definition) is 12. The molecule has 0 aromatic heterocycles. The van der Waals surface area contributed by atoms with E-state index >= 15 is 0 Å². The summed E-state index contributed by atoms with van der Waals surface area (Å²) in [5.41, 5.74) is 1.69. The SMILES string of the molecule is COc1cc(/N=N/c2ccc([N+](=O)[O-])cc2)ccc1/N=N/c1ccc(OCC(=O)NC(CCC(=O)O)C(=O)N=O)cc1. The third-order valence-corrected chi connectivity index (χ3v) is 5.35. The van der Waals surface area contributed by atoms with Crippen LogP contribution in [0.4, 0.5) is 28.4 Å². The highest BCUT2D eigenvalue weighted by atomic mass is 16.6. The number of carbonyl (C=O) groups excluding carboxylic acids is 2. The highest BCUT2D eigenvalue weighted by Gasteiger charge is 2.22. The molecule has 1 atom stereocenters. The van der Waals surface area contributed by atoms with Gasteiger partial charge in [0, 0.05) is 29.8 Å². The summed E-state index contributed by atoms with van der Waals surface area (Å²) in [5.74, 6) is -2.45. The molecule has 16 nitrogen and oxygen atoms in total. The molecule has 2 N–H and O–H groups in total. The van der Waals surface area contributed by atoms with Crippen molar-refractivity contribution in [2.45, 2.75) is 18.9 Å². The van der Waals surface area contributed by atoms with E-state index < -0.39 is 41.8 Å². The Morgan fingerprint density at radius 1 is 0.929 bits per heavy atom. The van der Waals surface area contributed by atoms with Crippen LogP contribution in [0.5, 0.6) is 11.5 Å². The molecule has 2 amide bonds. The lowest BCUT2D eigenvalue weighted by atomic mass is 10.1. The number of nitrogens with zero attached hydrogens (tertiary/aromatic N) is 6. The van der Waals surface area contributed by atoms with Crippen LogP contribution in [-0.4, -0.2) is 47.6 Å². The molecule has 16 heteroatoms. The van der Waals surface area contributed by atoms with Crippen LogP contribution < -0.4 is 14.8 Å². The van der Waals surface area contributed by atoms with Crippen LogP contribution in [0.15, 0.2) is 92.4 Å². The fraction of sp³-hybridized carbons (Fsp3) is 0.192. The maximum atomic E-state index is 12.1. The average Bonchev–Trinajstić information content (AvgIpc) is 3.00. The molecule has 3 rings (SSSR count). The Kier molecular flexibility index (Phi) is 10.9. The summed E-state index contributed by atoms with van der Waals surface area (Å²) in [6.07, 6.45) is -0.723. The molecule has 0 radical (unpaired) electrons. The standard InChI is InChI=1S/C26H23N7O9/c1-41-23-14-18(30-28-16-2-7-19(8-3-16)33(39)40)6-11-21(23)31-29-17-4-9-20(10-5-17)42-15-24(34)27-22(26(37)32-38)12-13-25(35)36/h2-11,14,22H,12-13,15H2,1H3,(H,27,34)(H,35,36)/b30-28+,31-29+. The maximum absolute atomic E-state index is 12.1. The minimum atomic E-state index is -1.36. The molecule has 3 aromatic carbocycles. The van der Waals surface area contributed by atoms with E-state index in [9.17, 15) is 29.4 Å². The molecule has 3 aromatic rings. The highest BCUT2D eigenvalue weighted by molar-refractivity contribution is 5.88. The van der Waals surface area contributed by atoms with Crippen molar-refractivity contribution in [2.75, 3.05) is 13.7 Å². The molecule has 0 aliphatic heterocycles. The van der Waals surface area contributed by atoms with Gasteiger partial charge in [0.15, 0.2) is 6.61 Å². The quantitative estimate of drug-likeness (QED) is 0.107. The first-order chi connectivity index (χ1) is 20.2. The Hall–Kier alpha value is -5.93. The molecule has 0 aliphatic rings. The zero-order valence-corrected chi connectivity index (χ0v) is 21.9. The molecule has 0 spiro atoms. The Bertz CT molecular complexity index is 1510. The van der Waals surface area contributed by atoms with Gasteiger partial charge in [-0.3, -0.25) is 24.5 Å². The number of rotatable bonds is 14. The Morgan fingerprint density at radius 2 is 1.52 bits per heavy atom. The summed E-state index contributed by atoms with van der Waals surface area (Å²) in [5, 5.41) is 40.4. The zero-order valence-electron chi connectivity index (χ0n) is 21.9. The van der Waals surface area contributed by atoms with Gasteiger partial charge in [-0.1, -0.05) is 0 Å². The molecule has 0 aliphatic carbocycles. The highest BCUT2D eigenvalue weighted by Crippen LogP contribution is 2.34. The topological polar surface area (TPSA) is 224 Å². The number of carbonyl (C=O) groups is 3. The number of nitroso groups, excluding NO2 is 1. The number of methoxy groups -OCH3 is 1. The van der Waals surface area contributed by atoms with Crippen molar-refractivity contribution >= 4 is 46.2 Å². The van der Waals surface area contributed by atoms with Crippen LogP contribution in [0.1, 0.15) is 12.8 Å². The molecular weight excluding hydrogens is 554 g/mol. The van der Waals surface area contributed by atoms with E-state index in [0.29, 0.717) is 34.2 Å². The van der Waals surface area contributed by atoms with Crippen LogP contribution >= 0.6 is 0 Å². The van der Waals surface area contributed by atoms with Gasteiger partial charge in [-0.2, -0.15) is 15.3 Å². The van der Waals surface area contributed by atoms with Crippen LogP contribution in [0.25, 0.3) is 0 Å². The van der Waals surface area contributed by atoms with Crippen molar-refractivity contribution in [3.63, 3.8) is 0 Å². The van der Waals surface area contributed by atoms with Crippen molar-refractivity contribution in [3.05, 3.63) is 81.8 Å². The van der Waals surface area contributed by atoms with Crippen molar-refractivity contribution in [1.29, 1.82) is 0 Å². The number of amides is 2. The predicted octanol–water partition coefficient (Wildman–Crippen LogP) is 5.46. The number of nitrogens with one attached hydrogen (secondary N) is 1. The Labute approximate surface area is 237 Å². The van der Waals surface area contributed by atoms with Crippen molar-refractivity contribution in [1.82, 2.24) is 5.32 Å². The molecule has 0 fully saturated rings. The van der Waals surface area contributed by atoms with E-state index in [2.05, 4.69) is 31.0 Å². The van der Waals surface area contributed by atoms with E-state index in [1.165, 1.54) is 43.5 Å². The monoisotopic (exact) mass is 577 g/mol. The van der Waals surface area contributed by atoms with Gasteiger partial charge >= 0.3 is 11.9 Å². The lowest BCUT2D eigenvalue weighted by Gasteiger charge is -2.13. The largest absolute Gasteiger partial charge is 0.494 e. The number of azo groups is 2. The lowest BCUT2D eigenvalue weighted by molar-refractivity contribution is -0.384. The second-order valence-electron chi connectivity index (χ2n) is 8.29. The molecular formula is C26H23N7O9. The summed E-state index contributed by atoms with van der Waals surface area (Å²) < 4.78 is 10.7. The molecule has 0 saturated heterocycles. The van der Waals surface area contributed by atoms with Gasteiger partial charge in [0.05, 0.1) is 29.1 Å². The minimum absolute atomic E-state index is 0.0524. The summed E-state index contributed by atoms with van der Waals surface area (Å²) in [7, 11) is 1.45. The number of nitro benzene ring substituents is 1. The Morgan fingerprint density at radius 3 is 2.12 bits per heavy atom. The van der Waals surface area contributed by atoms with Gasteiger partial charge in [0.2, 0.25) is 0 Å². The molecule has 1 unspecified atom stereocenters. The third-order valence-electron chi connectivity index (χ3n) is 5.35. The third kappa shape index (κ3) is 9.37. The van der Waals surface area contributed by atoms with Gasteiger partial charge in [0.1, 0.15) is 23.2 Å². The molecule has 0 saturated carbocycles. The van der Waals surface area contributed by atoms with Crippen LogP contribution in [0.2, 0.25) is 0 Å². The lowest BCUT2D eigenvalue weighted by Crippen LogP contribution is -2.42. The van der Waals surface area contributed by atoms with E-state index in [4.69, 9.17) is 14.6 Å². The first kappa shape index (κ1) is 30.6. The van der Waals surface area contributed by atoms with E-state index in [1.54, 1.807) is 30.3 Å². The summed E-state index contributed by atoms with van der Waals surface area (Å²) in [4.78, 5) is 55.1. The van der Waals surface area contributed by atoms with Gasteiger partial charge < -0.3 is 19.9 Å². The summed E-state index contributed by atoms with van der Waals surface area (Å²) in [6.45, 7) is -0.498. The van der Waals surface area contributed by atoms with Crippen LogP contribution in [0, 0.1) is 15.0 Å². The normalized spacial score (nSPS) is 11.6. The molecule has 0 bridgehead atoms. The number of nitro groups is 1. The second kappa shape index (κ2) is 15.0. The smallest absolute Gasteiger partial charge is 0.308 e. The van der Waals surface area contributed by atoms with Crippen molar-refractivity contribution in [3.8, 4) is 11.5 Å². The summed E-state index contributed by atoms with van der Waals surface area (Å²) >= 11 is 0. The number of carboxylic acid groups (broad SMARTS) is 1. The van der Waals surface area contributed by atoms with E-state index in [1.807, 2.05) is 0 Å². The zero-order chi connectivity index (χ0) is 30.5. The molecule has 216 valence electrons. The number of non-ortho nitro benzene ring substituents is 1. The maximum Gasteiger partial charge on any atom is 0.308 e. The fourth-order valence-corrected chi connectivity index (χ4v) is 3.26. The predicted molar refractivity (Wildman–Crippen MR) is 146 cm³/mol. The number of hydrogen-bond donors (Lipinski definition) is 2. The van der Waals surface area contributed by atoms with Crippen molar-refractivity contribution < 1.29 is 33.9 Å². The number of carboxylic acids is 1. The summed E-state index contributed by atoms with van der Waals surface area (Å²) in [6, 6.07) is 15.3. The van der Waals surface area contributed by atoms with Gasteiger partial charge in [-0.25, -0.2) is 0 Å².